The number of hydrogen-bond donors (Lipinski definition) is 0. The molecule has 1 fully saturated rings. The molecule has 1 aliphatic rings. The number of methoxy groups -OCH3 is 1. The summed E-state index contributed by atoms with van der Waals surface area (Å²) >= 11 is 6.01. The summed E-state index contributed by atoms with van der Waals surface area (Å²) in [6.07, 6.45) is 6.59. The number of ether oxygens (including phenoxy) is 2. The first-order valence-corrected chi connectivity index (χ1v) is 7.71. The van der Waals surface area contributed by atoms with Crippen molar-refractivity contribution < 1.29 is 9.47 Å². The van der Waals surface area contributed by atoms with Gasteiger partial charge in [0.05, 0.1) is 13.0 Å². The molecule has 19 heavy (non-hydrogen) atoms. The Balaban J connectivity index is 2.12. The van der Waals surface area contributed by atoms with E-state index in [0.29, 0.717) is 17.9 Å². The van der Waals surface area contributed by atoms with Crippen molar-refractivity contribution in [2.75, 3.05) is 7.11 Å². The van der Waals surface area contributed by atoms with E-state index in [2.05, 4.69) is 6.92 Å². The summed E-state index contributed by atoms with van der Waals surface area (Å²) in [5.41, 5.74) is 1.02. The third-order valence-corrected chi connectivity index (χ3v) is 4.34. The molecular weight excluding hydrogens is 260 g/mol. The molecule has 0 bridgehead atoms. The molecule has 2 nitrogen and oxygen atoms in total. The van der Waals surface area contributed by atoms with Gasteiger partial charge in [0.15, 0.2) is 0 Å². The van der Waals surface area contributed by atoms with Gasteiger partial charge in [-0.3, -0.25) is 0 Å². The van der Waals surface area contributed by atoms with Crippen LogP contribution in [0.4, 0.5) is 0 Å². The van der Waals surface area contributed by atoms with E-state index in [-0.39, 0.29) is 0 Å². The lowest BCUT2D eigenvalue weighted by molar-refractivity contribution is 0.0895. The Bertz CT molecular complexity index is 406. The Morgan fingerprint density at radius 3 is 2.74 bits per heavy atom. The van der Waals surface area contributed by atoms with Crippen molar-refractivity contribution in [3.8, 4) is 11.5 Å². The predicted octanol–water partition coefficient (Wildman–Crippen LogP) is 4.78. The zero-order valence-corrected chi connectivity index (χ0v) is 12.6. The molecular formula is C16H23ClO2. The van der Waals surface area contributed by atoms with Crippen molar-refractivity contribution in [1.29, 1.82) is 0 Å². The van der Waals surface area contributed by atoms with Crippen LogP contribution in [0.3, 0.4) is 0 Å². The van der Waals surface area contributed by atoms with Gasteiger partial charge in [-0.05, 0) is 49.8 Å². The van der Waals surface area contributed by atoms with E-state index in [1.54, 1.807) is 7.11 Å². The van der Waals surface area contributed by atoms with Crippen LogP contribution in [0, 0.1) is 5.92 Å². The quantitative estimate of drug-likeness (QED) is 0.724. The third kappa shape index (κ3) is 3.56. The molecule has 2 atom stereocenters. The molecule has 2 unspecified atom stereocenters. The lowest BCUT2D eigenvalue weighted by Crippen LogP contribution is -2.30. The topological polar surface area (TPSA) is 18.5 Å². The highest BCUT2D eigenvalue weighted by atomic mass is 35.5. The second-order valence-corrected chi connectivity index (χ2v) is 5.48. The van der Waals surface area contributed by atoms with Crippen molar-refractivity contribution in [3.63, 3.8) is 0 Å². The van der Waals surface area contributed by atoms with Crippen LogP contribution in [-0.4, -0.2) is 13.2 Å². The predicted molar refractivity (Wildman–Crippen MR) is 79.2 cm³/mol. The molecule has 0 aliphatic heterocycles. The second kappa shape index (κ2) is 7.04. The van der Waals surface area contributed by atoms with Crippen LogP contribution in [0.1, 0.15) is 44.6 Å². The molecule has 0 heterocycles. The molecule has 1 aromatic carbocycles. The minimum Gasteiger partial charge on any atom is -0.497 e. The summed E-state index contributed by atoms with van der Waals surface area (Å²) < 4.78 is 11.5. The number of rotatable bonds is 5. The van der Waals surface area contributed by atoms with Crippen molar-refractivity contribution in [2.24, 2.45) is 5.92 Å². The molecule has 1 aliphatic carbocycles. The molecule has 0 N–H and O–H groups in total. The summed E-state index contributed by atoms with van der Waals surface area (Å²) in [4.78, 5) is 0. The van der Waals surface area contributed by atoms with Crippen LogP contribution in [0.5, 0.6) is 11.5 Å². The van der Waals surface area contributed by atoms with Crippen LogP contribution in [0.15, 0.2) is 18.2 Å². The van der Waals surface area contributed by atoms with E-state index in [1.165, 1.54) is 25.7 Å². The van der Waals surface area contributed by atoms with E-state index < -0.39 is 0 Å². The van der Waals surface area contributed by atoms with Crippen molar-refractivity contribution in [2.45, 2.75) is 51.0 Å². The largest absolute Gasteiger partial charge is 0.497 e. The highest BCUT2D eigenvalue weighted by molar-refractivity contribution is 6.17. The van der Waals surface area contributed by atoms with Gasteiger partial charge in [0.25, 0.3) is 0 Å². The van der Waals surface area contributed by atoms with Gasteiger partial charge in [-0.15, -0.1) is 11.6 Å². The van der Waals surface area contributed by atoms with Gasteiger partial charge >= 0.3 is 0 Å². The van der Waals surface area contributed by atoms with E-state index in [0.717, 1.165) is 23.5 Å². The molecule has 0 radical (unpaired) electrons. The standard InChI is InChI=1S/C16H23ClO2/c1-3-12-6-4-5-7-15(12)19-16-9-8-14(18-2)10-13(16)11-17/h8-10,12,15H,3-7,11H2,1-2H3. The first-order valence-electron chi connectivity index (χ1n) is 7.18. The molecule has 1 saturated carbocycles. The summed E-state index contributed by atoms with van der Waals surface area (Å²) in [5, 5.41) is 0. The zero-order chi connectivity index (χ0) is 13.7. The molecule has 0 spiro atoms. The van der Waals surface area contributed by atoms with Crippen LogP contribution < -0.4 is 9.47 Å². The van der Waals surface area contributed by atoms with Gasteiger partial charge in [0.2, 0.25) is 0 Å². The molecule has 0 saturated heterocycles. The van der Waals surface area contributed by atoms with Crippen LogP contribution >= 0.6 is 11.6 Å². The summed E-state index contributed by atoms with van der Waals surface area (Å²) in [6.45, 7) is 2.25. The Labute approximate surface area is 121 Å². The normalized spacial score (nSPS) is 23.1. The lowest BCUT2D eigenvalue weighted by atomic mass is 9.84. The minimum absolute atomic E-state index is 0.342. The molecule has 1 aromatic rings. The average Bonchev–Trinajstić information content (AvgIpc) is 2.48. The maximum atomic E-state index is 6.24. The Hall–Kier alpha value is -0.890. The Morgan fingerprint density at radius 1 is 1.26 bits per heavy atom. The van der Waals surface area contributed by atoms with Gasteiger partial charge in [0.1, 0.15) is 17.6 Å². The van der Waals surface area contributed by atoms with Crippen LogP contribution in [0.2, 0.25) is 0 Å². The summed E-state index contributed by atoms with van der Waals surface area (Å²) in [6, 6.07) is 5.89. The molecule has 0 aromatic heterocycles. The fraction of sp³-hybridized carbons (Fsp3) is 0.625. The monoisotopic (exact) mass is 282 g/mol. The van der Waals surface area contributed by atoms with E-state index in [1.807, 2.05) is 18.2 Å². The minimum atomic E-state index is 0.342. The molecule has 0 amide bonds. The first kappa shape index (κ1) is 14.5. The highest BCUT2D eigenvalue weighted by Crippen LogP contribution is 2.33. The Morgan fingerprint density at radius 2 is 2.05 bits per heavy atom. The zero-order valence-electron chi connectivity index (χ0n) is 11.8. The maximum absolute atomic E-state index is 6.24. The highest BCUT2D eigenvalue weighted by Gasteiger charge is 2.25. The van der Waals surface area contributed by atoms with Crippen molar-refractivity contribution >= 4 is 11.6 Å². The van der Waals surface area contributed by atoms with E-state index in [9.17, 15) is 0 Å². The molecule has 2 rings (SSSR count). The maximum Gasteiger partial charge on any atom is 0.124 e. The average molecular weight is 283 g/mol. The second-order valence-electron chi connectivity index (χ2n) is 5.22. The smallest absolute Gasteiger partial charge is 0.124 e. The molecule has 106 valence electrons. The number of alkyl halides is 1. The van der Waals surface area contributed by atoms with E-state index in [4.69, 9.17) is 21.1 Å². The molecule has 3 heteroatoms. The first-order chi connectivity index (χ1) is 9.28. The Kier molecular flexibility index (Phi) is 5.38. The third-order valence-electron chi connectivity index (χ3n) is 4.05. The SMILES string of the molecule is CCC1CCCCC1Oc1ccc(OC)cc1CCl. The number of benzene rings is 1. The fourth-order valence-corrected chi connectivity index (χ4v) is 3.07. The van der Waals surface area contributed by atoms with Gasteiger partial charge in [-0.25, -0.2) is 0 Å². The number of hydrogen-bond acceptors (Lipinski definition) is 2. The summed E-state index contributed by atoms with van der Waals surface area (Å²) in [5.74, 6) is 2.88. The van der Waals surface area contributed by atoms with Crippen molar-refractivity contribution in [1.82, 2.24) is 0 Å². The van der Waals surface area contributed by atoms with Crippen molar-refractivity contribution in [3.05, 3.63) is 23.8 Å². The number of halogens is 1. The lowest BCUT2D eigenvalue weighted by Gasteiger charge is -2.31. The van der Waals surface area contributed by atoms with E-state index >= 15 is 0 Å². The van der Waals surface area contributed by atoms with Crippen LogP contribution in [0.25, 0.3) is 0 Å². The van der Waals surface area contributed by atoms with Gasteiger partial charge in [-0.2, -0.15) is 0 Å². The fourth-order valence-electron chi connectivity index (χ4n) is 2.86. The van der Waals surface area contributed by atoms with Crippen LogP contribution in [-0.2, 0) is 5.88 Å². The van der Waals surface area contributed by atoms with Gasteiger partial charge in [0, 0.05) is 5.56 Å². The summed E-state index contributed by atoms with van der Waals surface area (Å²) in [7, 11) is 1.67. The van der Waals surface area contributed by atoms with Gasteiger partial charge in [-0.1, -0.05) is 13.3 Å². The van der Waals surface area contributed by atoms with Gasteiger partial charge < -0.3 is 9.47 Å².